The van der Waals surface area contributed by atoms with E-state index in [4.69, 9.17) is 16.7 Å². The molecule has 0 bridgehead atoms. The number of anilines is 1. The van der Waals surface area contributed by atoms with Gasteiger partial charge in [0.25, 0.3) is 10.0 Å². The quantitative estimate of drug-likeness (QED) is 0.839. The Balaban J connectivity index is 2.38. The van der Waals surface area contributed by atoms with Crippen molar-refractivity contribution in [1.29, 1.82) is 0 Å². The largest absolute Gasteiger partial charge is 0.392 e. The monoisotopic (exact) mass is 390 g/mol. The van der Waals surface area contributed by atoms with Crippen LogP contribution in [-0.2, 0) is 16.6 Å². The molecule has 0 aliphatic carbocycles. The molecule has 2 aromatic rings. The Labute approximate surface area is 136 Å². The summed E-state index contributed by atoms with van der Waals surface area (Å²) < 4.78 is 27.8. The lowest BCUT2D eigenvalue weighted by Crippen LogP contribution is -2.15. The molecule has 21 heavy (non-hydrogen) atoms. The van der Waals surface area contributed by atoms with Crippen LogP contribution in [0.2, 0.25) is 5.02 Å². The van der Waals surface area contributed by atoms with Crippen LogP contribution in [0.4, 0.5) is 5.82 Å². The molecule has 0 unspecified atom stereocenters. The molecule has 5 nitrogen and oxygen atoms in total. The fourth-order valence-corrected chi connectivity index (χ4v) is 3.43. The van der Waals surface area contributed by atoms with Crippen LogP contribution in [-0.4, -0.2) is 18.5 Å². The van der Waals surface area contributed by atoms with Gasteiger partial charge in [-0.2, -0.15) is 0 Å². The molecule has 0 aliphatic heterocycles. The number of pyridine rings is 1. The van der Waals surface area contributed by atoms with Crippen LogP contribution in [0.25, 0.3) is 0 Å². The SMILES string of the molecule is Cc1cc(Br)cnc1NS(=O)(=O)c1ccc(Cl)c(CO)c1. The minimum absolute atomic E-state index is 0.0140. The number of rotatable bonds is 4. The maximum Gasteiger partial charge on any atom is 0.263 e. The van der Waals surface area contributed by atoms with Crippen molar-refractivity contribution < 1.29 is 13.5 Å². The first-order valence-corrected chi connectivity index (χ1v) is 8.53. The Hall–Kier alpha value is -1.15. The normalized spacial score (nSPS) is 11.4. The number of aliphatic hydroxyl groups excluding tert-OH is 1. The zero-order valence-electron chi connectivity index (χ0n) is 11.0. The van der Waals surface area contributed by atoms with E-state index in [1.165, 1.54) is 24.4 Å². The van der Waals surface area contributed by atoms with Gasteiger partial charge in [-0.15, -0.1) is 0 Å². The highest BCUT2D eigenvalue weighted by Crippen LogP contribution is 2.24. The molecule has 1 heterocycles. The fraction of sp³-hybridized carbons (Fsp3) is 0.154. The third-order valence-corrected chi connectivity index (χ3v) is 4.91. The smallest absolute Gasteiger partial charge is 0.263 e. The molecule has 2 N–H and O–H groups in total. The summed E-state index contributed by atoms with van der Waals surface area (Å²) in [7, 11) is -3.80. The number of halogens is 2. The first-order chi connectivity index (χ1) is 9.83. The van der Waals surface area contributed by atoms with Gasteiger partial charge in [0.1, 0.15) is 5.82 Å². The highest BCUT2D eigenvalue weighted by atomic mass is 79.9. The van der Waals surface area contributed by atoms with E-state index in [-0.39, 0.29) is 17.3 Å². The number of benzene rings is 1. The van der Waals surface area contributed by atoms with Crippen LogP contribution in [0.5, 0.6) is 0 Å². The summed E-state index contributed by atoms with van der Waals surface area (Å²) in [5.41, 5.74) is 1.03. The van der Waals surface area contributed by atoms with Gasteiger partial charge in [0.15, 0.2) is 0 Å². The Morgan fingerprint density at radius 2 is 2.10 bits per heavy atom. The zero-order chi connectivity index (χ0) is 15.6. The van der Waals surface area contributed by atoms with Crippen LogP contribution >= 0.6 is 27.5 Å². The predicted octanol–water partition coefficient (Wildman–Crippen LogP) is 3.10. The van der Waals surface area contributed by atoms with E-state index in [1.807, 2.05) is 0 Å². The Kier molecular flexibility index (Phi) is 4.88. The van der Waals surface area contributed by atoms with Crippen molar-refractivity contribution in [3.63, 3.8) is 0 Å². The first-order valence-electron chi connectivity index (χ1n) is 5.88. The first kappa shape index (κ1) is 16.2. The maximum atomic E-state index is 12.3. The molecular formula is C13H12BrClN2O3S. The number of aryl methyl sites for hydroxylation is 1. The van der Waals surface area contributed by atoms with Crippen LogP contribution in [0, 0.1) is 6.92 Å². The van der Waals surface area contributed by atoms with Crippen LogP contribution < -0.4 is 4.72 Å². The second kappa shape index (κ2) is 6.31. The summed E-state index contributed by atoms with van der Waals surface area (Å²) in [5.74, 6) is 0.249. The van der Waals surface area contributed by atoms with Crippen molar-refractivity contribution in [3.8, 4) is 0 Å². The molecule has 1 aromatic carbocycles. The number of sulfonamides is 1. The minimum Gasteiger partial charge on any atom is -0.392 e. The molecule has 0 amide bonds. The lowest BCUT2D eigenvalue weighted by molar-refractivity contribution is 0.281. The van der Waals surface area contributed by atoms with Crippen LogP contribution in [0.1, 0.15) is 11.1 Å². The molecule has 0 spiro atoms. The third kappa shape index (κ3) is 3.74. The summed E-state index contributed by atoms with van der Waals surface area (Å²) in [5, 5.41) is 9.47. The van der Waals surface area contributed by atoms with E-state index in [0.717, 1.165) is 4.47 Å². The predicted molar refractivity (Wildman–Crippen MR) is 84.9 cm³/mol. The van der Waals surface area contributed by atoms with Gasteiger partial charge in [-0.1, -0.05) is 11.6 Å². The van der Waals surface area contributed by atoms with Crippen LogP contribution in [0.3, 0.4) is 0 Å². The molecule has 0 aliphatic rings. The second-order valence-electron chi connectivity index (χ2n) is 4.34. The van der Waals surface area contributed by atoms with Gasteiger partial charge >= 0.3 is 0 Å². The van der Waals surface area contributed by atoms with E-state index in [1.54, 1.807) is 13.0 Å². The van der Waals surface area contributed by atoms with E-state index in [9.17, 15) is 8.42 Å². The maximum absolute atomic E-state index is 12.3. The summed E-state index contributed by atoms with van der Waals surface area (Å²) in [6, 6.07) is 5.90. The molecule has 0 saturated carbocycles. The molecule has 112 valence electrons. The third-order valence-electron chi connectivity index (χ3n) is 2.77. The summed E-state index contributed by atoms with van der Waals surface area (Å²) in [6.45, 7) is 1.41. The topological polar surface area (TPSA) is 79.3 Å². The highest BCUT2D eigenvalue weighted by molar-refractivity contribution is 9.10. The molecule has 0 fully saturated rings. The number of nitrogens with one attached hydrogen (secondary N) is 1. The van der Waals surface area contributed by atoms with Gasteiger partial charge in [-0.25, -0.2) is 13.4 Å². The van der Waals surface area contributed by atoms with E-state index < -0.39 is 10.0 Å². The zero-order valence-corrected chi connectivity index (χ0v) is 14.1. The van der Waals surface area contributed by atoms with Crippen molar-refractivity contribution >= 4 is 43.4 Å². The standard InChI is InChI=1S/C13H12BrClN2O3S/c1-8-4-10(14)6-16-13(8)17-21(19,20)11-2-3-12(15)9(5-11)7-18/h2-6,18H,7H2,1H3,(H,16,17). The van der Waals surface area contributed by atoms with Crippen molar-refractivity contribution in [1.82, 2.24) is 4.98 Å². The molecule has 1 aromatic heterocycles. The second-order valence-corrected chi connectivity index (χ2v) is 7.34. The summed E-state index contributed by atoms with van der Waals surface area (Å²) in [4.78, 5) is 4.05. The van der Waals surface area contributed by atoms with Crippen molar-refractivity contribution in [2.45, 2.75) is 18.4 Å². The van der Waals surface area contributed by atoms with Gasteiger partial charge in [0, 0.05) is 15.7 Å². The van der Waals surface area contributed by atoms with Gasteiger partial charge in [0.05, 0.1) is 11.5 Å². The molecule has 0 atom stereocenters. The van der Waals surface area contributed by atoms with Crippen molar-refractivity contribution in [2.24, 2.45) is 0 Å². The number of aromatic nitrogens is 1. The lowest BCUT2D eigenvalue weighted by atomic mass is 10.2. The van der Waals surface area contributed by atoms with Crippen LogP contribution in [0.15, 0.2) is 39.8 Å². The molecular weight excluding hydrogens is 380 g/mol. The minimum atomic E-state index is -3.80. The van der Waals surface area contributed by atoms with E-state index in [0.29, 0.717) is 16.1 Å². The van der Waals surface area contributed by atoms with Gasteiger partial charge in [-0.05, 0) is 58.2 Å². The summed E-state index contributed by atoms with van der Waals surface area (Å²) in [6.07, 6.45) is 1.51. The molecule has 8 heteroatoms. The highest BCUT2D eigenvalue weighted by Gasteiger charge is 2.17. The van der Waals surface area contributed by atoms with Gasteiger partial charge in [-0.3, -0.25) is 4.72 Å². The van der Waals surface area contributed by atoms with E-state index >= 15 is 0 Å². The number of hydrogen-bond donors (Lipinski definition) is 2. The average Bonchev–Trinajstić information content (AvgIpc) is 2.42. The Morgan fingerprint density at radius 1 is 1.38 bits per heavy atom. The molecule has 0 saturated heterocycles. The van der Waals surface area contributed by atoms with E-state index in [2.05, 4.69) is 25.6 Å². The Morgan fingerprint density at radius 3 is 2.71 bits per heavy atom. The molecule has 0 radical (unpaired) electrons. The number of nitrogens with zero attached hydrogens (tertiary/aromatic N) is 1. The average molecular weight is 392 g/mol. The summed E-state index contributed by atoms with van der Waals surface area (Å²) >= 11 is 9.12. The van der Waals surface area contributed by atoms with Crippen molar-refractivity contribution in [2.75, 3.05) is 4.72 Å². The number of hydrogen-bond acceptors (Lipinski definition) is 4. The van der Waals surface area contributed by atoms with Gasteiger partial charge in [0.2, 0.25) is 0 Å². The fourth-order valence-electron chi connectivity index (χ4n) is 1.67. The van der Waals surface area contributed by atoms with Crippen molar-refractivity contribution in [3.05, 3.63) is 51.1 Å². The molecule has 2 rings (SSSR count). The number of aliphatic hydroxyl groups is 1. The Bertz CT molecular complexity index is 781. The lowest BCUT2D eigenvalue weighted by Gasteiger charge is -2.11. The van der Waals surface area contributed by atoms with Gasteiger partial charge < -0.3 is 5.11 Å².